The molecule has 0 spiro atoms. The molecule has 0 saturated carbocycles. The monoisotopic (exact) mass is 422 g/mol. The van der Waals surface area contributed by atoms with E-state index in [4.69, 9.17) is 13.9 Å². The molecule has 4 rings (SSSR count). The minimum atomic E-state index is -0.376. The quantitative estimate of drug-likeness (QED) is 0.555. The molecule has 1 saturated heterocycles. The van der Waals surface area contributed by atoms with E-state index in [9.17, 15) is 9.59 Å². The molecule has 0 atom stereocenters. The third kappa shape index (κ3) is 5.05. The van der Waals surface area contributed by atoms with Crippen LogP contribution in [0.3, 0.4) is 0 Å². The SMILES string of the molecule is CC(C)OC(=O)c1ccc(OCC(=O)N2CCC(c3nc4ccccc4o3)CC2)cc1. The van der Waals surface area contributed by atoms with Crippen LogP contribution in [-0.4, -0.2) is 47.6 Å². The summed E-state index contributed by atoms with van der Waals surface area (Å²) in [6.45, 7) is 4.86. The number of ether oxygens (including phenoxy) is 2. The lowest BCUT2D eigenvalue weighted by Crippen LogP contribution is -2.40. The molecule has 1 amide bonds. The van der Waals surface area contributed by atoms with E-state index < -0.39 is 0 Å². The minimum Gasteiger partial charge on any atom is -0.484 e. The molecule has 7 nitrogen and oxygen atoms in total. The van der Waals surface area contributed by atoms with Crippen molar-refractivity contribution in [2.45, 2.75) is 38.7 Å². The minimum absolute atomic E-state index is 0.0384. The number of fused-ring (bicyclic) bond motifs is 1. The van der Waals surface area contributed by atoms with Gasteiger partial charge in [0.1, 0.15) is 11.3 Å². The highest BCUT2D eigenvalue weighted by Crippen LogP contribution is 2.30. The van der Waals surface area contributed by atoms with Crippen LogP contribution in [0.25, 0.3) is 11.1 Å². The number of amides is 1. The van der Waals surface area contributed by atoms with Crippen LogP contribution in [-0.2, 0) is 9.53 Å². The van der Waals surface area contributed by atoms with Crippen LogP contribution in [0, 0.1) is 0 Å². The Labute approximate surface area is 181 Å². The number of benzene rings is 2. The fourth-order valence-electron chi connectivity index (χ4n) is 3.65. The lowest BCUT2D eigenvalue weighted by Gasteiger charge is -2.30. The molecule has 1 aliphatic heterocycles. The van der Waals surface area contributed by atoms with Crippen molar-refractivity contribution < 1.29 is 23.5 Å². The second-order valence-corrected chi connectivity index (χ2v) is 7.94. The van der Waals surface area contributed by atoms with E-state index in [0.29, 0.717) is 24.4 Å². The molecule has 1 fully saturated rings. The van der Waals surface area contributed by atoms with Gasteiger partial charge in [-0.1, -0.05) is 12.1 Å². The van der Waals surface area contributed by atoms with Crippen LogP contribution in [0.4, 0.5) is 0 Å². The van der Waals surface area contributed by atoms with Crippen molar-refractivity contribution in [1.29, 1.82) is 0 Å². The Morgan fingerprint density at radius 2 is 1.81 bits per heavy atom. The number of hydrogen-bond donors (Lipinski definition) is 0. The number of hydrogen-bond acceptors (Lipinski definition) is 6. The number of para-hydroxylation sites is 2. The van der Waals surface area contributed by atoms with Crippen molar-refractivity contribution >= 4 is 23.0 Å². The van der Waals surface area contributed by atoms with Crippen LogP contribution < -0.4 is 4.74 Å². The van der Waals surface area contributed by atoms with Gasteiger partial charge in [0.2, 0.25) is 0 Å². The molecule has 1 aromatic heterocycles. The van der Waals surface area contributed by atoms with Gasteiger partial charge in [-0.3, -0.25) is 4.79 Å². The lowest BCUT2D eigenvalue weighted by molar-refractivity contribution is -0.134. The predicted octanol–water partition coefficient (Wildman–Crippen LogP) is 4.18. The predicted molar refractivity (Wildman–Crippen MR) is 115 cm³/mol. The summed E-state index contributed by atoms with van der Waals surface area (Å²) in [4.78, 5) is 30.8. The Balaban J connectivity index is 1.26. The highest BCUT2D eigenvalue weighted by Gasteiger charge is 2.27. The average molecular weight is 422 g/mol. The fraction of sp³-hybridized carbons (Fsp3) is 0.375. The average Bonchev–Trinajstić information content (AvgIpc) is 3.22. The van der Waals surface area contributed by atoms with E-state index in [1.807, 2.05) is 29.2 Å². The number of piperidine rings is 1. The molecular weight excluding hydrogens is 396 g/mol. The molecule has 162 valence electrons. The summed E-state index contributed by atoms with van der Waals surface area (Å²) in [5.74, 6) is 1.07. The number of carbonyl (C=O) groups excluding carboxylic acids is 2. The van der Waals surface area contributed by atoms with E-state index in [-0.39, 0.29) is 30.5 Å². The zero-order valence-electron chi connectivity index (χ0n) is 17.7. The molecule has 0 N–H and O–H groups in total. The summed E-state index contributed by atoms with van der Waals surface area (Å²) in [5, 5.41) is 0. The molecule has 31 heavy (non-hydrogen) atoms. The first-order chi connectivity index (χ1) is 15.0. The number of likely N-dealkylation sites (tertiary alicyclic amines) is 1. The Bertz CT molecular complexity index is 1020. The van der Waals surface area contributed by atoms with Gasteiger partial charge in [0.05, 0.1) is 11.7 Å². The molecule has 2 heterocycles. The van der Waals surface area contributed by atoms with Crippen molar-refractivity contribution in [3.63, 3.8) is 0 Å². The summed E-state index contributed by atoms with van der Waals surface area (Å²) in [6, 6.07) is 14.4. The smallest absolute Gasteiger partial charge is 0.338 e. The van der Waals surface area contributed by atoms with Gasteiger partial charge in [-0.2, -0.15) is 0 Å². The van der Waals surface area contributed by atoms with Crippen LogP contribution in [0.15, 0.2) is 52.9 Å². The summed E-state index contributed by atoms with van der Waals surface area (Å²) in [5.41, 5.74) is 2.12. The van der Waals surface area contributed by atoms with Crippen molar-refractivity contribution in [3.05, 3.63) is 60.0 Å². The first-order valence-corrected chi connectivity index (χ1v) is 10.6. The van der Waals surface area contributed by atoms with Gasteiger partial charge in [0, 0.05) is 19.0 Å². The molecule has 7 heteroatoms. The van der Waals surface area contributed by atoms with Crippen molar-refractivity contribution in [1.82, 2.24) is 9.88 Å². The van der Waals surface area contributed by atoms with Gasteiger partial charge in [-0.05, 0) is 63.1 Å². The summed E-state index contributed by atoms with van der Waals surface area (Å²) in [6.07, 6.45) is 1.45. The van der Waals surface area contributed by atoms with E-state index >= 15 is 0 Å². The third-order valence-electron chi connectivity index (χ3n) is 5.30. The number of rotatable bonds is 6. The zero-order valence-corrected chi connectivity index (χ0v) is 17.7. The maximum absolute atomic E-state index is 12.5. The number of aromatic nitrogens is 1. The topological polar surface area (TPSA) is 81.9 Å². The standard InChI is InChI=1S/C24H26N2O5/c1-16(2)30-24(28)18-7-9-19(10-8-18)29-15-22(27)26-13-11-17(12-14-26)23-25-20-5-3-4-6-21(20)31-23/h3-10,16-17H,11-15H2,1-2H3. The largest absolute Gasteiger partial charge is 0.484 e. The normalized spacial score (nSPS) is 14.7. The van der Waals surface area contributed by atoms with Crippen molar-refractivity contribution in [2.24, 2.45) is 0 Å². The van der Waals surface area contributed by atoms with E-state index in [2.05, 4.69) is 4.98 Å². The van der Waals surface area contributed by atoms with E-state index in [0.717, 1.165) is 29.8 Å². The molecule has 3 aromatic rings. The fourth-order valence-corrected chi connectivity index (χ4v) is 3.65. The second kappa shape index (κ2) is 9.20. The molecule has 0 radical (unpaired) electrons. The highest BCUT2D eigenvalue weighted by molar-refractivity contribution is 5.89. The molecular formula is C24H26N2O5. The maximum atomic E-state index is 12.5. The Hall–Kier alpha value is -3.35. The number of nitrogens with zero attached hydrogens (tertiary/aromatic N) is 2. The highest BCUT2D eigenvalue weighted by atomic mass is 16.5. The Morgan fingerprint density at radius 1 is 1.10 bits per heavy atom. The maximum Gasteiger partial charge on any atom is 0.338 e. The van der Waals surface area contributed by atoms with Crippen LogP contribution in [0.1, 0.15) is 48.9 Å². The Kier molecular flexibility index (Phi) is 6.21. The van der Waals surface area contributed by atoms with E-state index in [1.54, 1.807) is 38.1 Å². The van der Waals surface area contributed by atoms with E-state index in [1.165, 1.54) is 0 Å². The lowest BCUT2D eigenvalue weighted by atomic mass is 9.97. The Morgan fingerprint density at radius 3 is 2.48 bits per heavy atom. The van der Waals surface area contributed by atoms with Gasteiger partial charge in [-0.15, -0.1) is 0 Å². The molecule has 1 aliphatic rings. The summed E-state index contributed by atoms with van der Waals surface area (Å²) in [7, 11) is 0. The van der Waals surface area contributed by atoms with Gasteiger partial charge < -0.3 is 18.8 Å². The number of carbonyl (C=O) groups is 2. The summed E-state index contributed by atoms with van der Waals surface area (Å²) < 4.78 is 16.7. The van der Waals surface area contributed by atoms with Crippen LogP contribution in [0.2, 0.25) is 0 Å². The van der Waals surface area contributed by atoms with Gasteiger partial charge >= 0.3 is 5.97 Å². The third-order valence-corrected chi connectivity index (χ3v) is 5.30. The first kappa shape index (κ1) is 20.9. The number of esters is 1. The van der Waals surface area contributed by atoms with Crippen LogP contribution in [0.5, 0.6) is 5.75 Å². The zero-order chi connectivity index (χ0) is 21.8. The summed E-state index contributed by atoms with van der Waals surface area (Å²) >= 11 is 0. The molecule has 0 bridgehead atoms. The van der Waals surface area contributed by atoms with Crippen molar-refractivity contribution in [3.8, 4) is 5.75 Å². The van der Waals surface area contributed by atoms with Gasteiger partial charge in [-0.25, -0.2) is 9.78 Å². The van der Waals surface area contributed by atoms with Gasteiger partial charge in [0.15, 0.2) is 18.1 Å². The van der Waals surface area contributed by atoms with Crippen LogP contribution >= 0.6 is 0 Å². The number of oxazole rings is 1. The first-order valence-electron chi connectivity index (χ1n) is 10.6. The van der Waals surface area contributed by atoms with Crippen molar-refractivity contribution in [2.75, 3.05) is 19.7 Å². The molecule has 2 aromatic carbocycles. The second-order valence-electron chi connectivity index (χ2n) is 7.94. The molecule has 0 aliphatic carbocycles. The molecule has 0 unspecified atom stereocenters. The van der Waals surface area contributed by atoms with Gasteiger partial charge in [0.25, 0.3) is 5.91 Å².